The highest BCUT2D eigenvalue weighted by Gasteiger charge is 2.33. The van der Waals surface area contributed by atoms with Crippen LogP contribution in [0.5, 0.6) is 0 Å². The minimum atomic E-state index is -4.27. The summed E-state index contributed by atoms with van der Waals surface area (Å²) >= 11 is 2.85. The average Bonchev–Trinajstić information content (AvgIpc) is 3.17. The topological polar surface area (TPSA) is 163 Å². The van der Waals surface area contributed by atoms with E-state index in [4.69, 9.17) is 25.0 Å². The SMILES string of the molecule is C=CCNc1nc(CC)c(C[C@@H](C)C(C)CC)c(=O)n1-c1ccc(C(=O)N(C)C(=O)OC(C)OC(=O)C(N)C(C)C)cc1.CC=O.Cc1ccc(Br)c(C(F)(F)F)c1. The van der Waals surface area contributed by atoms with Crippen LogP contribution in [0.3, 0.4) is 0 Å². The number of alkyl halides is 3. The molecular weight excluding hydrogens is 823 g/mol. The molecule has 0 aliphatic heterocycles. The van der Waals surface area contributed by atoms with Crippen LogP contribution in [0.15, 0.2) is 64.4 Å². The van der Waals surface area contributed by atoms with E-state index in [1.807, 2.05) is 6.92 Å². The molecule has 3 unspecified atom stereocenters. The highest BCUT2D eigenvalue weighted by molar-refractivity contribution is 9.10. The maximum Gasteiger partial charge on any atom is 0.419 e. The molecule has 0 spiro atoms. The van der Waals surface area contributed by atoms with Crippen molar-refractivity contribution in [3.8, 4) is 5.69 Å². The third-order valence-electron chi connectivity index (χ3n) is 9.06. The Labute approximate surface area is 347 Å². The summed E-state index contributed by atoms with van der Waals surface area (Å²) in [5.74, 6) is -0.406. The van der Waals surface area contributed by atoms with Gasteiger partial charge in [-0.1, -0.05) is 81.6 Å². The van der Waals surface area contributed by atoms with Gasteiger partial charge >= 0.3 is 18.2 Å². The molecule has 1 heterocycles. The van der Waals surface area contributed by atoms with Crippen LogP contribution in [0.2, 0.25) is 0 Å². The summed E-state index contributed by atoms with van der Waals surface area (Å²) in [5, 5.41) is 3.16. The molecule has 0 saturated heterocycles. The number of esters is 1. The lowest BCUT2D eigenvalue weighted by Crippen LogP contribution is -2.41. The van der Waals surface area contributed by atoms with E-state index in [9.17, 15) is 32.3 Å². The first-order valence-electron chi connectivity index (χ1n) is 18.9. The number of halogens is 4. The normalized spacial score (nSPS) is 13.0. The zero-order valence-electron chi connectivity index (χ0n) is 34.9. The average molecular weight is 881 g/mol. The van der Waals surface area contributed by atoms with Gasteiger partial charge in [0.25, 0.3) is 11.5 Å². The van der Waals surface area contributed by atoms with Crippen LogP contribution in [0, 0.1) is 24.7 Å². The highest BCUT2D eigenvalue weighted by Crippen LogP contribution is 2.35. The summed E-state index contributed by atoms with van der Waals surface area (Å²) in [5.41, 5.74) is 7.69. The van der Waals surface area contributed by atoms with E-state index in [2.05, 4.69) is 48.6 Å². The van der Waals surface area contributed by atoms with Gasteiger partial charge in [0.2, 0.25) is 12.2 Å². The number of aldehydes is 1. The Morgan fingerprint density at radius 2 is 1.62 bits per heavy atom. The Balaban J connectivity index is 0.000000937. The number of anilines is 1. The number of benzene rings is 2. The number of nitrogens with one attached hydrogen (secondary N) is 1. The fourth-order valence-corrected chi connectivity index (χ4v) is 5.66. The van der Waals surface area contributed by atoms with Gasteiger partial charge in [-0.25, -0.2) is 19.2 Å². The van der Waals surface area contributed by atoms with Crippen LogP contribution in [0.25, 0.3) is 5.69 Å². The number of carbonyl (C=O) groups excluding carboxylic acids is 4. The first-order valence-corrected chi connectivity index (χ1v) is 19.7. The van der Waals surface area contributed by atoms with Crippen molar-refractivity contribution < 1.29 is 41.8 Å². The molecule has 4 atom stereocenters. The molecule has 3 rings (SSSR count). The first-order chi connectivity index (χ1) is 27.1. The van der Waals surface area contributed by atoms with Crippen molar-refractivity contribution in [1.82, 2.24) is 14.5 Å². The van der Waals surface area contributed by atoms with E-state index in [1.165, 1.54) is 43.7 Å². The van der Waals surface area contributed by atoms with Crippen molar-refractivity contribution in [2.24, 2.45) is 23.5 Å². The van der Waals surface area contributed by atoms with Gasteiger partial charge in [0.05, 0.1) is 16.9 Å². The second kappa shape index (κ2) is 24.2. The van der Waals surface area contributed by atoms with Crippen LogP contribution >= 0.6 is 15.9 Å². The third kappa shape index (κ3) is 15.2. The van der Waals surface area contributed by atoms with Crippen molar-refractivity contribution in [3.63, 3.8) is 0 Å². The Kier molecular flexibility index (Phi) is 21.3. The number of hydrogen-bond acceptors (Lipinski definition) is 10. The molecule has 2 amide bonds. The number of ether oxygens (including phenoxy) is 2. The number of amides is 2. The van der Waals surface area contributed by atoms with Crippen molar-refractivity contribution in [2.75, 3.05) is 18.9 Å². The van der Waals surface area contributed by atoms with Crippen LogP contribution in [0.1, 0.15) is 94.6 Å². The van der Waals surface area contributed by atoms with Gasteiger partial charge in [0.1, 0.15) is 12.3 Å². The quantitative estimate of drug-likeness (QED) is 0.0694. The van der Waals surface area contributed by atoms with Gasteiger partial charge in [0.15, 0.2) is 0 Å². The number of aryl methyl sites for hydroxylation is 2. The molecule has 16 heteroatoms. The van der Waals surface area contributed by atoms with E-state index in [0.29, 0.717) is 54.0 Å². The molecule has 2 aromatic carbocycles. The summed E-state index contributed by atoms with van der Waals surface area (Å²) in [6.07, 6.45) is -1.86. The van der Waals surface area contributed by atoms with Crippen LogP contribution in [0.4, 0.5) is 23.9 Å². The summed E-state index contributed by atoms with van der Waals surface area (Å²) in [7, 11) is 1.26. The van der Waals surface area contributed by atoms with Crippen molar-refractivity contribution in [3.05, 3.63) is 97.9 Å². The molecule has 3 aromatic rings. The third-order valence-corrected chi connectivity index (χ3v) is 9.75. The predicted molar refractivity (Wildman–Crippen MR) is 223 cm³/mol. The van der Waals surface area contributed by atoms with E-state index in [1.54, 1.807) is 45.0 Å². The van der Waals surface area contributed by atoms with Gasteiger partial charge in [0, 0.05) is 36.1 Å². The van der Waals surface area contributed by atoms with Gasteiger partial charge < -0.3 is 25.3 Å². The van der Waals surface area contributed by atoms with Crippen molar-refractivity contribution >= 4 is 46.1 Å². The molecule has 320 valence electrons. The number of imide groups is 1. The number of carbonyl (C=O) groups is 4. The zero-order valence-corrected chi connectivity index (χ0v) is 36.5. The molecule has 0 saturated carbocycles. The number of nitrogens with zero attached hydrogens (tertiary/aromatic N) is 3. The molecule has 0 aliphatic rings. The molecule has 1 aromatic heterocycles. The van der Waals surface area contributed by atoms with Crippen LogP contribution in [-0.2, 0) is 38.1 Å². The lowest BCUT2D eigenvalue weighted by atomic mass is 9.87. The maximum absolute atomic E-state index is 13.9. The number of aromatic nitrogens is 2. The smallest absolute Gasteiger partial charge is 0.419 e. The molecule has 3 N–H and O–H groups in total. The second-order valence-electron chi connectivity index (χ2n) is 13.9. The monoisotopic (exact) mass is 879 g/mol. The summed E-state index contributed by atoms with van der Waals surface area (Å²) in [4.78, 5) is 66.0. The fourth-order valence-electron chi connectivity index (χ4n) is 5.19. The lowest BCUT2D eigenvalue weighted by Gasteiger charge is -2.22. The van der Waals surface area contributed by atoms with E-state index >= 15 is 0 Å². The molecule has 0 fully saturated rings. The largest absolute Gasteiger partial charge is 0.424 e. The molecule has 12 nitrogen and oxygen atoms in total. The molecule has 0 radical (unpaired) electrons. The Morgan fingerprint density at radius 1 is 1.03 bits per heavy atom. The van der Waals surface area contributed by atoms with Crippen LogP contribution < -0.4 is 16.6 Å². The number of nitrogens with two attached hydrogens (primary N) is 1. The van der Waals surface area contributed by atoms with E-state index in [-0.39, 0.29) is 21.5 Å². The molecular formula is C42H57BrF3N5O7. The summed E-state index contributed by atoms with van der Waals surface area (Å²) < 4.78 is 48.4. The van der Waals surface area contributed by atoms with Crippen molar-refractivity contribution in [2.45, 2.75) is 100 Å². The van der Waals surface area contributed by atoms with Gasteiger partial charge in [-0.2, -0.15) is 13.2 Å². The Bertz CT molecular complexity index is 1900. The second-order valence-corrected chi connectivity index (χ2v) is 14.7. The summed E-state index contributed by atoms with van der Waals surface area (Å²) in [6.45, 7) is 20.6. The molecule has 58 heavy (non-hydrogen) atoms. The predicted octanol–water partition coefficient (Wildman–Crippen LogP) is 8.68. The van der Waals surface area contributed by atoms with E-state index in [0.717, 1.165) is 29.4 Å². The fraction of sp³-hybridized carbons (Fsp3) is 0.476. The van der Waals surface area contributed by atoms with Crippen LogP contribution in [-0.4, -0.2) is 64.6 Å². The summed E-state index contributed by atoms with van der Waals surface area (Å²) in [6, 6.07) is 9.56. The standard InChI is InChI=1S/C32H47N5O6.C8H6BrF3.C2H4O/c1-10-17-34-31-35-26(12-3)25(18-21(7)20(6)11-2)29(39)37(31)24-15-13-23(14-16-24)28(38)36(9)32(41)43-22(8)42-30(40)27(33)19(4)5;1-5-2-3-7(9)6(4-5)8(10,11)12;1-2-3/h10,13-16,19-22,27H,1,11-12,17-18,33H2,2-9H3,(H,34,35);2-4H,1H3;2H,1H3/t20?,21-,22?,27?;;/m1../s1. The molecule has 0 bridgehead atoms. The minimum Gasteiger partial charge on any atom is -0.424 e. The zero-order chi connectivity index (χ0) is 44.5. The van der Waals surface area contributed by atoms with Gasteiger partial charge in [-0.3, -0.25) is 14.4 Å². The number of hydrogen-bond donors (Lipinski definition) is 2. The van der Waals surface area contributed by atoms with E-state index < -0.39 is 42.0 Å². The first kappa shape index (κ1) is 51.2. The maximum atomic E-state index is 13.9. The van der Waals surface area contributed by atoms with Gasteiger partial charge in [-0.15, -0.1) is 6.58 Å². The lowest BCUT2D eigenvalue weighted by molar-refractivity contribution is -0.168. The van der Waals surface area contributed by atoms with Gasteiger partial charge in [-0.05, 0) is 80.8 Å². The Hall–Kier alpha value is -4.83. The molecule has 0 aliphatic carbocycles. The highest BCUT2D eigenvalue weighted by atomic mass is 79.9. The number of rotatable bonds is 14. The Morgan fingerprint density at radius 3 is 2.10 bits per heavy atom. The minimum absolute atomic E-state index is 0.0839. The van der Waals surface area contributed by atoms with Crippen molar-refractivity contribution in [1.29, 1.82) is 0 Å².